The van der Waals surface area contributed by atoms with E-state index in [1.165, 1.54) is 103 Å². The predicted molar refractivity (Wildman–Crippen MR) is 154 cm³/mol. The maximum Gasteiger partial charge on any atom is 0.306 e. The largest absolute Gasteiger partial charge is 0.481 e. The van der Waals surface area contributed by atoms with E-state index in [2.05, 4.69) is 13.8 Å². The third-order valence-electron chi connectivity index (χ3n) is 7.33. The van der Waals surface area contributed by atoms with Gasteiger partial charge in [-0.25, -0.2) is 0 Å². The molecule has 4 heteroatoms. The van der Waals surface area contributed by atoms with Gasteiger partial charge in [0.05, 0.1) is 0 Å². The van der Waals surface area contributed by atoms with Crippen LogP contribution in [0.2, 0.25) is 0 Å². The van der Waals surface area contributed by atoms with E-state index >= 15 is 0 Å². The second-order valence-electron chi connectivity index (χ2n) is 11.0. The maximum atomic E-state index is 12.4. The Morgan fingerprint density at radius 3 is 1.28 bits per heavy atom. The number of aliphatic carboxylic acids is 1. The van der Waals surface area contributed by atoms with Crippen LogP contribution in [0.15, 0.2) is 0 Å². The highest BCUT2D eigenvalue weighted by molar-refractivity contribution is 5.69. The van der Waals surface area contributed by atoms with Crippen LogP contribution in [-0.2, 0) is 14.3 Å². The van der Waals surface area contributed by atoms with Crippen molar-refractivity contribution >= 4 is 11.9 Å². The van der Waals surface area contributed by atoms with Crippen molar-refractivity contribution in [2.75, 3.05) is 0 Å². The zero-order chi connectivity index (χ0) is 26.5. The van der Waals surface area contributed by atoms with Crippen LogP contribution in [0.4, 0.5) is 0 Å². The fraction of sp³-hybridized carbons (Fsp3) is 0.938. The SMILES string of the molecule is CCCCCCCCCCCCCCC(=O)OC(CCCCC)CCCCCCCCCCC(=O)O. The van der Waals surface area contributed by atoms with Crippen molar-refractivity contribution in [3.05, 3.63) is 0 Å². The molecular formula is C32H62O4. The molecular weight excluding hydrogens is 448 g/mol. The van der Waals surface area contributed by atoms with Crippen molar-refractivity contribution in [3.63, 3.8) is 0 Å². The molecule has 0 bridgehead atoms. The molecule has 0 fully saturated rings. The molecule has 0 heterocycles. The number of esters is 1. The van der Waals surface area contributed by atoms with Gasteiger partial charge in [0, 0.05) is 12.8 Å². The number of hydrogen-bond acceptors (Lipinski definition) is 3. The highest BCUT2D eigenvalue weighted by Gasteiger charge is 2.14. The molecule has 0 amide bonds. The number of ether oxygens (including phenoxy) is 1. The topological polar surface area (TPSA) is 63.6 Å². The fourth-order valence-electron chi connectivity index (χ4n) is 4.95. The van der Waals surface area contributed by atoms with Gasteiger partial charge in [-0.05, 0) is 38.5 Å². The minimum Gasteiger partial charge on any atom is -0.481 e. The van der Waals surface area contributed by atoms with Gasteiger partial charge in [0.2, 0.25) is 0 Å². The number of hydrogen-bond donors (Lipinski definition) is 1. The number of carbonyl (C=O) groups excluding carboxylic acids is 1. The molecule has 4 nitrogen and oxygen atoms in total. The van der Waals surface area contributed by atoms with Crippen LogP contribution in [0.3, 0.4) is 0 Å². The number of unbranched alkanes of at least 4 members (excludes halogenated alkanes) is 20. The first kappa shape index (κ1) is 34.9. The molecule has 214 valence electrons. The Labute approximate surface area is 224 Å². The van der Waals surface area contributed by atoms with Gasteiger partial charge >= 0.3 is 11.9 Å². The Bertz CT molecular complexity index is 477. The Morgan fingerprint density at radius 2 is 0.833 bits per heavy atom. The van der Waals surface area contributed by atoms with Crippen molar-refractivity contribution in [2.24, 2.45) is 0 Å². The molecule has 1 atom stereocenters. The van der Waals surface area contributed by atoms with Crippen molar-refractivity contribution < 1.29 is 19.4 Å². The molecule has 0 saturated carbocycles. The monoisotopic (exact) mass is 510 g/mol. The first-order valence-corrected chi connectivity index (χ1v) is 16.0. The molecule has 0 radical (unpaired) electrons. The lowest BCUT2D eigenvalue weighted by molar-refractivity contribution is -0.150. The lowest BCUT2D eigenvalue weighted by Gasteiger charge is -2.18. The fourth-order valence-corrected chi connectivity index (χ4v) is 4.95. The second kappa shape index (κ2) is 28.5. The normalized spacial score (nSPS) is 12.1. The average Bonchev–Trinajstić information content (AvgIpc) is 2.85. The number of carbonyl (C=O) groups is 2. The predicted octanol–water partition coefficient (Wildman–Crippen LogP) is 10.6. The lowest BCUT2D eigenvalue weighted by Crippen LogP contribution is -2.18. The molecule has 0 aliphatic carbocycles. The van der Waals surface area contributed by atoms with E-state index in [1.54, 1.807) is 0 Å². The van der Waals surface area contributed by atoms with Crippen LogP contribution in [0.25, 0.3) is 0 Å². The van der Waals surface area contributed by atoms with Crippen LogP contribution in [0, 0.1) is 0 Å². The highest BCUT2D eigenvalue weighted by atomic mass is 16.5. The maximum absolute atomic E-state index is 12.4. The van der Waals surface area contributed by atoms with Crippen LogP contribution >= 0.6 is 0 Å². The molecule has 0 aromatic carbocycles. The van der Waals surface area contributed by atoms with Crippen LogP contribution in [0.5, 0.6) is 0 Å². The van der Waals surface area contributed by atoms with Gasteiger partial charge in [-0.2, -0.15) is 0 Å². The molecule has 0 saturated heterocycles. The molecule has 36 heavy (non-hydrogen) atoms. The van der Waals surface area contributed by atoms with Gasteiger partial charge in [0.25, 0.3) is 0 Å². The van der Waals surface area contributed by atoms with Gasteiger partial charge in [-0.15, -0.1) is 0 Å². The molecule has 0 aromatic heterocycles. The van der Waals surface area contributed by atoms with E-state index in [1.807, 2.05) is 0 Å². The van der Waals surface area contributed by atoms with Gasteiger partial charge in [-0.3, -0.25) is 9.59 Å². The molecule has 0 aromatic rings. The van der Waals surface area contributed by atoms with E-state index < -0.39 is 5.97 Å². The summed E-state index contributed by atoms with van der Waals surface area (Å²) in [6, 6.07) is 0. The summed E-state index contributed by atoms with van der Waals surface area (Å²) in [6.07, 6.45) is 31.3. The summed E-state index contributed by atoms with van der Waals surface area (Å²) in [6.45, 7) is 4.49. The summed E-state index contributed by atoms with van der Waals surface area (Å²) in [5.41, 5.74) is 0. The molecule has 1 N–H and O–H groups in total. The summed E-state index contributed by atoms with van der Waals surface area (Å²) in [7, 11) is 0. The zero-order valence-corrected chi connectivity index (χ0v) is 24.3. The summed E-state index contributed by atoms with van der Waals surface area (Å²) in [5.74, 6) is -0.664. The standard InChI is InChI=1S/C32H62O4/c1-3-5-7-8-9-10-11-12-13-18-21-25-29-32(35)36-30(26-22-6-4-2)27-23-19-16-14-15-17-20-24-28-31(33)34/h30H,3-29H2,1-2H3,(H,33,34). The van der Waals surface area contributed by atoms with E-state index in [9.17, 15) is 9.59 Å². The van der Waals surface area contributed by atoms with Crippen LogP contribution in [0.1, 0.15) is 187 Å². The van der Waals surface area contributed by atoms with E-state index in [4.69, 9.17) is 9.84 Å². The summed E-state index contributed by atoms with van der Waals surface area (Å²) >= 11 is 0. The van der Waals surface area contributed by atoms with E-state index in [0.717, 1.165) is 57.8 Å². The smallest absolute Gasteiger partial charge is 0.306 e. The second-order valence-corrected chi connectivity index (χ2v) is 11.0. The Morgan fingerprint density at radius 1 is 0.500 bits per heavy atom. The van der Waals surface area contributed by atoms with Crippen LogP contribution in [-0.4, -0.2) is 23.1 Å². The van der Waals surface area contributed by atoms with Crippen molar-refractivity contribution in [1.29, 1.82) is 0 Å². The average molecular weight is 511 g/mol. The minimum absolute atomic E-state index is 0.0185. The lowest BCUT2D eigenvalue weighted by atomic mass is 10.0. The number of carboxylic acid groups (broad SMARTS) is 1. The summed E-state index contributed by atoms with van der Waals surface area (Å²) < 4.78 is 5.90. The molecule has 0 rings (SSSR count). The summed E-state index contributed by atoms with van der Waals surface area (Å²) in [4.78, 5) is 22.9. The van der Waals surface area contributed by atoms with Gasteiger partial charge < -0.3 is 9.84 Å². The molecule has 1 unspecified atom stereocenters. The van der Waals surface area contributed by atoms with Crippen molar-refractivity contribution in [2.45, 2.75) is 193 Å². The highest BCUT2D eigenvalue weighted by Crippen LogP contribution is 2.18. The van der Waals surface area contributed by atoms with E-state index in [0.29, 0.717) is 12.8 Å². The number of rotatable bonds is 29. The zero-order valence-electron chi connectivity index (χ0n) is 24.3. The third-order valence-corrected chi connectivity index (χ3v) is 7.33. The van der Waals surface area contributed by atoms with Gasteiger partial charge in [0.15, 0.2) is 0 Å². The van der Waals surface area contributed by atoms with Gasteiger partial charge in [-0.1, -0.05) is 136 Å². The van der Waals surface area contributed by atoms with E-state index in [-0.39, 0.29) is 12.1 Å². The Balaban J connectivity index is 3.76. The summed E-state index contributed by atoms with van der Waals surface area (Å²) in [5, 5.41) is 8.67. The first-order valence-electron chi connectivity index (χ1n) is 16.0. The molecule has 0 aliphatic rings. The molecule has 0 spiro atoms. The Hall–Kier alpha value is -1.06. The third kappa shape index (κ3) is 27.5. The molecule has 0 aliphatic heterocycles. The quantitative estimate of drug-likeness (QED) is 0.0802. The van der Waals surface area contributed by atoms with Crippen molar-refractivity contribution in [3.8, 4) is 0 Å². The minimum atomic E-state index is -0.682. The van der Waals surface area contributed by atoms with Crippen molar-refractivity contribution in [1.82, 2.24) is 0 Å². The number of carboxylic acids is 1. The Kier molecular flexibility index (Phi) is 27.7. The van der Waals surface area contributed by atoms with Gasteiger partial charge in [0.1, 0.15) is 6.10 Å². The first-order chi connectivity index (χ1) is 17.6. The van der Waals surface area contributed by atoms with Crippen LogP contribution < -0.4 is 0 Å².